The van der Waals surface area contributed by atoms with Gasteiger partial charge < -0.3 is 4.74 Å². The molecule has 0 N–H and O–H groups in total. The summed E-state index contributed by atoms with van der Waals surface area (Å²) < 4.78 is 32.0. The van der Waals surface area contributed by atoms with Crippen molar-refractivity contribution in [2.75, 3.05) is 18.5 Å². The number of anilines is 1. The monoisotopic (exact) mass is 400 g/mol. The van der Waals surface area contributed by atoms with Gasteiger partial charge in [0.15, 0.2) is 0 Å². The number of hydrogen-bond acceptors (Lipinski definition) is 5. The molecule has 0 saturated heterocycles. The number of hydrogen-bond donors (Lipinski definition) is 0. The molecule has 0 unspecified atom stereocenters. The minimum absolute atomic E-state index is 0.0301. The van der Waals surface area contributed by atoms with Crippen LogP contribution in [0.1, 0.15) is 0 Å². The summed E-state index contributed by atoms with van der Waals surface area (Å²) in [4.78, 5) is 10.0. The quantitative estimate of drug-likeness (QED) is 0.567. The molecule has 0 saturated carbocycles. The first-order chi connectivity index (χ1) is 10.8. The molecule has 122 valence electrons. The lowest BCUT2D eigenvalue weighted by molar-refractivity contribution is -0.384. The van der Waals surface area contributed by atoms with Crippen LogP contribution in [-0.2, 0) is 10.0 Å². The molecule has 0 aromatic heterocycles. The molecule has 0 amide bonds. The van der Waals surface area contributed by atoms with Gasteiger partial charge in [-0.15, -0.1) is 0 Å². The molecule has 0 atom stereocenters. The highest BCUT2D eigenvalue weighted by Crippen LogP contribution is 2.31. The first-order valence-electron chi connectivity index (χ1n) is 6.34. The first kappa shape index (κ1) is 17.2. The molecule has 0 heterocycles. The second-order valence-electron chi connectivity index (χ2n) is 4.54. The van der Waals surface area contributed by atoms with E-state index in [1.54, 1.807) is 18.2 Å². The summed E-state index contributed by atoms with van der Waals surface area (Å²) >= 11 is 3.30. The van der Waals surface area contributed by atoms with Crippen molar-refractivity contribution in [2.24, 2.45) is 0 Å². The van der Waals surface area contributed by atoms with E-state index in [0.29, 0.717) is 15.9 Å². The number of halogens is 1. The Morgan fingerprint density at radius 3 is 2.26 bits per heavy atom. The van der Waals surface area contributed by atoms with Crippen molar-refractivity contribution in [2.45, 2.75) is 4.90 Å². The van der Waals surface area contributed by atoms with Crippen molar-refractivity contribution >= 4 is 37.3 Å². The molecule has 7 nitrogen and oxygen atoms in total. The van der Waals surface area contributed by atoms with E-state index in [4.69, 9.17) is 4.74 Å². The fourth-order valence-electron chi connectivity index (χ4n) is 1.89. The lowest BCUT2D eigenvalue weighted by atomic mass is 10.3. The second-order valence-corrected chi connectivity index (χ2v) is 7.37. The molecular formula is C14H13BrN2O5S. The Kier molecular flexibility index (Phi) is 4.90. The highest BCUT2D eigenvalue weighted by atomic mass is 79.9. The summed E-state index contributed by atoms with van der Waals surface area (Å²) in [6.45, 7) is 0. The highest BCUT2D eigenvalue weighted by Gasteiger charge is 2.22. The molecule has 0 spiro atoms. The van der Waals surface area contributed by atoms with Gasteiger partial charge in [-0.1, -0.05) is 0 Å². The number of benzene rings is 2. The standard InChI is InChI=1S/C14H13BrN2O5S/c1-16(11-5-8-14(22-2)13(15)9-11)23(20,21)12-6-3-10(4-7-12)17(18)19/h3-9H,1-2H3. The van der Waals surface area contributed by atoms with Crippen molar-refractivity contribution in [1.82, 2.24) is 0 Å². The predicted molar refractivity (Wildman–Crippen MR) is 89.4 cm³/mol. The largest absolute Gasteiger partial charge is 0.496 e. The molecule has 23 heavy (non-hydrogen) atoms. The normalized spacial score (nSPS) is 11.1. The zero-order valence-electron chi connectivity index (χ0n) is 12.3. The van der Waals surface area contributed by atoms with Crippen LogP contribution in [0, 0.1) is 10.1 Å². The van der Waals surface area contributed by atoms with Crippen LogP contribution in [0.5, 0.6) is 5.75 Å². The maximum Gasteiger partial charge on any atom is 0.269 e. The maximum absolute atomic E-state index is 12.6. The molecule has 2 aromatic carbocycles. The molecule has 0 radical (unpaired) electrons. The third kappa shape index (κ3) is 3.45. The van der Waals surface area contributed by atoms with E-state index in [0.717, 1.165) is 16.4 Å². The van der Waals surface area contributed by atoms with Crippen LogP contribution in [0.2, 0.25) is 0 Å². The molecule has 0 fully saturated rings. The van der Waals surface area contributed by atoms with Gasteiger partial charge in [-0.25, -0.2) is 8.42 Å². The van der Waals surface area contributed by atoms with Crippen LogP contribution in [-0.4, -0.2) is 27.5 Å². The average molecular weight is 401 g/mol. The van der Waals surface area contributed by atoms with Gasteiger partial charge in [0.05, 0.1) is 27.1 Å². The van der Waals surface area contributed by atoms with Crippen LogP contribution in [0.4, 0.5) is 11.4 Å². The SMILES string of the molecule is COc1ccc(N(C)S(=O)(=O)c2ccc([N+](=O)[O-])cc2)cc1Br. The van der Waals surface area contributed by atoms with Gasteiger partial charge in [-0.2, -0.15) is 0 Å². The van der Waals surface area contributed by atoms with Crippen LogP contribution in [0.3, 0.4) is 0 Å². The van der Waals surface area contributed by atoms with Gasteiger partial charge in [0.2, 0.25) is 0 Å². The smallest absolute Gasteiger partial charge is 0.269 e. The Labute approximate surface area is 141 Å². The van der Waals surface area contributed by atoms with Crippen molar-refractivity contribution in [3.8, 4) is 5.75 Å². The summed E-state index contributed by atoms with van der Waals surface area (Å²) in [7, 11) is -0.903. The Morgan fingerprint density at radius 1 is 1.17 bits per heavy atom. The second kappa shape index (κ2) is 6.55. The lowest BCUT2D eigenvalue weighted by Crippen LogP contribution is -2.26. The van der Waals surface area contributed by atoms with Crippen LogP contribution >= 0.6 is 15.9 Å². The maximum atomic E-state index is 12.6. The number of rotatable bonds is 5. The van der Waals surface area contributed by atoms with Gasteiger partial charge in [-0.3, -0.25) is 14.4 Å². The van der Waals surface area contributed by atoms with E-state index >= 15 is 0 Å². The summed E-state index contributed by atoms with van der Waals surface area (Å²) in [5.74, 6) is 0.579. The van der Waals surface area contributed by atoms with E-state index in [1.807, 2.05) is 0 Å². The van der Waals surface area contributed by atoms with E-state index < -0.39 is 14.9 Å². The minimum Gasteiger partial charge on any atom is -0.496 e. The Hall–Kier alpha value is -2.13. The number of sulfonamides is 1. The molecular weight excluding hydrogens is 388 g/mol. The van der Waals surface area contributed by atoms with Crippen molar-refractivity contribution in [1.29, 1.82) is 0 Å². The van der Waals surface area contributed by atoms with Crippen molar-refractivity contribution in [3.05, 3.63) is 57.1 Å². The van der Waals surface area contributed by atoms with Gasteiger partial charge in [-0.05, 0) is 46.3 Å². The predicted octanol–water partition coefficient (Wildman–Crippen LogP) is 3.19. The number of nitro benzene ring substituents is 1. The third-order valence-corrected chi connectivity index (χ3v) is 5.62. The number of methoxy groups -OCH3 is 1. The summed E-state index contributed by atoms with van der Waals surface area (Å²) in [6, 6.07) is 9.59. The van der Waals surface area contributed by atoms with Gasteiger partial charge in [0, 0.05) is 19.2 Å². The van der Waals surface area contributed by atoms with Crippen LogP contribution < -0.4 is 9.04 Å². The van der Waals surface area contributed by atoms with Crippen LogP contribution in [0.25, 0.3) is 0 Å². The Morgan fingerprint density at radius 2 is 1.78 bits per heavy atom. The van der Waals surface area contributed by atoms with Crippen molar-refractivity contribution < 1.29 is 18.1 Å². The minimum atomic E-state index is -3.82. The molecule has 0 aliphatic heterocycles. The average Bonchev–Trinajstić information content (AvgIpc) is 2.54. The number of non-ortho nitro benzene ring substituents is 1. The fourth-order valence-corrected chi connectivity index (χ4v) is 3.60. The van der Waals surface area contributed by atoms with Crippen molar-refractivity contribution in [3.63, 3.8) is 0 Å². The van der Waals surface area contributed by atoms with E-state index in [2.05, 4.69) is 15.9 Å². The Balaban J connectivity index is 2.38. The summed E-state index contributed by atoms with van der Waals surface area (Å²) in [5, 5.41) is 10.6. The summed E-state index contributed by atoms with van der Waals surface area (Å²) in [6.07, 6.45) is 0. The summed E-state index contributed by atoms with van der Waals surface area (Å²) in [5.41, 5.74) is 0.259. The van der Waals surface area contributed by atoms with E-state index in [-0.39, 0.29) is 10.6 Å². The number of nitro groups is 1. The molecule has 0 aliphatic rings. The number of nitrogens with zero attached hydrogens (tertiary/aromatic N) is 2. The zero-order chi connectivity index (χ0) is 17.2. The fraction of sp³-hybridized carbons (Fsp3) is 0.143. The van der Waals surface area contributed by atoms with Crippen LogP contribution in [0.15, 0.2) is 51.8 Å². The van der Waals surface area contributed by atoms with Gasteiger partial charge in [0.25, 0.3) is 15.7 Å². The van der Waals surface area contributed by atoms with Gasteiger partial charge >= 0.3 is 0 Å². The highest BCUT2D eigenvalue weighted by molar-refractivity contribution is 9.10. The number of ether oxygens (including phenoxy) is 1. The third-order valence-electron chi connectivity index (χ3n) is 3.20. The Bertz CT molecular complexity index is 837. The molecule has 2 aromatic rings. The zero-order valence-corrected chi connectivity index (χ0v) is 14.7. The lowest BCUT2D eigenvalue weighted by Gasteiger charge is -2.20. The van der Waals surface area contributed by atoms with E-state index in [9.17, 15) is 18.5 Å². The molecule has 0 bridgehead atoms. The molecule has 9 heteroatoms. The van der Waals surface area contributed by atoms with Gasteiger partial charge in [0.1, 0.15) is 5.75 Å². The van der Waals surface area contributed by atoms with E-state index in [1.165, 1.54) is 26.3 Å². The molecule has 0 aliphatic carbocycles. The first-order valence-corrected chi connectivity index (χ1v) is 8.57. The molecule has 2 rings (SSSR count). The topological polar surface area (TPSA) is 89.8 Å².